The van der Waals surface area contributed by atoms with E-state index < -0.39 is 11.9 Å². The number of hydrogen-bond donors (Lipinski definition) is 3. The molecule has 11 heteroatoms. The van der Waals surface area contributed by atoms with Crippen molar-refractivity contribution in [3.63, 3.8) is 0 Å². The number of halogens is 1. The van der Waals surface area contributed by atoms with Crippen molar-refractivity contribution in [1.82, 2.24) is 24.9 Å². The molecule has 1 aliphatic heterocycles. The molecule has 158 valence electrons. The van der Waals surface area contributed by atoms with Gasteiger partial charge in [-0.1, -0.05) is 0 Å². The molecule has 3 aromatic rings. The van der Waals surface area contributed by atoms with Gasteiger partial charge in [-0.25, -0.2) is 18.7 Å². The van der Waals surface area contributed by atoms with E-state index in [4.69, 9.17) is 10.5 Å². The van der Waals surface area contributed by atoms with Crippen molar-refractivity contribution < 1.29 is 13.9 Å². The molecule has 0 spiro atoms. The molecular formula is C19H22FN7O3. The molecule has 10 nitrogen and oxygen atoms in total. The molecule has 1 aliphatic rings. The number of nitrogens with one attached hydrogen (secondary N) is 2. The maximum absolute atomic E-state index is 13.7. The molecule has 1 fully saturated rings. The quantitative estimate of drug-likeness (QED) is 0.518. The van der Waals surface area contributed by atoms with Crippen LogP contribution in [0.25, 0.3) is 5.65 Å². The van der Waals surface area contributed by atoms with E-state index in [0.717, 1.165) is 12.6 Å². The number of nitrogens with two attached hydrogens (primary N) is 1. The Kier molecular flexibility index (Phi) is 5.61. The van der Waals surface area contributed by atoms with Crippen molar-refractivity contribution in [2.75, 3.05) is 24.5 Å². The van der Waals surface area contributed by atoms with E-state index in [9.17, 15) is 14.0 Å². The number of aromatic amines is 1. The maximum Gasteiger partial charge on any atom is 0.412 e. The Bertz CT molecular complexity index is 1110. The summed E-state index contributed by atoms with van der Waals surface area (Å²) in [6.07, 6.45) is 5.71. The van der Waals surface area contributed by atoms with E-state index in [-0.39, 0.29) is 17.4 Å². The zero-order chi connectivity index (χ0) is 21.1. The minimum atomic E-state index is -0.615. The van der Waals surface area contributed by atoms with Gasteiger partial charge in [-0.15, -0.1) is 0 Å². The fourth-order valence-corrected chi connectivity index (χ4v) is 3.58. The first kappa shape index (κ1) is 19.8. The van der Waals surface area contributed by atoms with E-state index in [1.54, 1.807) is 12.3 Å². The summed E-state index contributed by atoms with van der Waals surface area (Å²) in [5.41, 5.74) is 5.81. The van der Waals surface area contributed by atoms with Crippen LogP contribution in [0.2, 0.25) is 0 Å². The Balaban J connectivity index is 1.60. The van der Waals surface area contributed by atoms with E-state index in [2.05, 4.69) is 20.4 Å². The van der Waals surface area contributed by atoms with Gasteiger partial charge in [-0.05, 0) is 37.9 Å². The average Bonchev–Trinajstić information content (AvgIpc) is 3.37. The number of amides is 1. The second-order valence-corrected chi connectivity index (χ2v) is 6.98. The van der Waals surface area contributed by atoms with E-state index in [1.807, 2.05) is 4.90 Å². The van der Waals surface area contributed by atoms with Crippen LogP contribution in [0.1, 0.15) is 30.9 Å². The lowest BCUT2D eigenvalue weighted by molar-refractivity contribution is 0.201. The molecule has 0 radical (unpaired) electrons. The minimum absolute atomic E-state index is 0.210. The average molecular weight is 415 g/mol. The maximum atomic E-state index is 13.7. The van der Waals surface area contributed by atoms with Crippen molar-refractivity contribution in [3.8, 4) is 5.75 Å². The third-order valence-electron chi connectivity index (χ3n) is 4.98. The standard InChI is InChI=1S/C19H22FN7O3/c20-12-9-13(18(28)23-10-12)14-3-1-7-26(14)16-4-8-27-17(25-16)15(11-24-27)30-19(29)22-6-2-5-21/h4,8-11,14H,1-3,5-7,21H2,(H,22,29)(H,23,28)/t14-/m1/s1. The summed E-state index contributed by atoms with van der Waals surface area (Å²) in [4.78, 5) is 33.2. The second kappa shape index (κ2) is 8.49. The van der Waals surface area contributed by atoms with E-state index in [0.29, 0.717) is 49.5 Å². The molecule has 0 aromatic carbocycles. The summed E-state index contributed by atoms with van der Waals surface area (Å²) in [5, 5.41) is 6.75. The topological polar surface area (TPSA) is 131 Å². The van der Waals surface area contributed by atoms with Crippen LogP contribution in [-0.4, -0.2) is 45.3 Å². The van der Waals surface area contributed by atoms with Crippen LogP contribution in [0, 0.1) is 5.82 Å². The van der Waals surface area contributed by atoms with Crippen LogP contribution >= 0.6 is 0 Å². The molecule has 30 heavy (non-hydrogen) atoms. The molecule has 0 aliphatic carbocycles. The second-order valence-electron chi connectivity index (χ2n) is 6.98. The van der Waals surface area contributed by atoms with Crippen molar-refractivity contribution in [2.24, 2.45) is 5.73 Å². The number of pyridine rings is 1. The number of ether oxygens (including phenoxy) is 1. The Morgan fingerprint density at radius 2 is 2.33 bits per heavy atom. The van der Waals surface area contributed by atoms with Gasteiger partial charge >= 0.3 is 6.09 Å². The van der Waals surface area contributed by atoms with Crippen molar-refractivity contribution in [3.05, 3.63) is 52.5 Å². The van der Waals surface area contributed by atoms with Crippen LogP contribution in [0.4, 0.5) is 15.0 Å². The van der Waals surface area contributed by atoms with Gasteiger partial charge in [-0.2, -0.15) is 5.10 Å². The molecule has 1 atom stereocenters. The molecule has 0 saturated carbocycles. The number of anilines is 1. The lowest BCUT2D eigenvalue weighted by atomic mass is 10.1. The molecule has 0 bridgehead atoms. The van der Waals surface area contributed by atoms with Crippen molar-refractivity contribution >= 4 is 17.6 Å². The fourth-order valence-electron chi connectivity index (χ4n) is 3.58. The number of nitrogens with zero attached hydrogens (tertiary/aromatic N) is 4. The highest BCUT2D eigenvalue weighted by Gasteiger charge is 2.30. The molecular weight excluding hydrogens is 393 g/mol. The van der Waals surface area contributed by atoms with Crippen molar-refractivity contribution in [1.29, 1.82) is 0 Å². The third kappa shape index (κ3) is 3.96. The number of carbonyl (C=O) groups excluding carboxylic acids is 1. The number of hydrogen-bond acceptors (Lipinski definition) is 7. The fraction of sp³-hybridized carbons (Fsp3) is 0.368. The summed E-state index contributed by atoms with van der Waals surface area (Å²) in [6, 6.07) is 2.72. The molecule has 0 unspecified atom stereocenters. The van der Waals surface area contributed by atoms with Gasteiger partial charge in [0.25, 0.3) is 5.56 Å². The van der Waals surface area contributed by atoms with E-state index >= 15 is 0 Å². The van der Waals surface area contributed by atoms with Gasteiger partial charge < -0.3 is 25.7 Å². The highest BCUT2D eigenvalue weighted by molar-refractivity contribution is 5.73. The number of carbonyl (C=O) groups is 1. The van der Waals surface area contributed by atoms with Crippen LogP contribution in [0.15, 0.2) is 35.5 Å². The zero-order valence-electron chi connectivity index (χ0n) is 16.2. The Morgan fingerprint density at radius 1 is 1.47 bits per heavy atom. The van der Waals surface area contributed by atoms with Gasteiger partial charge in [0.2, 0.25) is 5.65 Å². The summed E-state index contributed by atoms with van der Waals surface area (Å²) >= 11 is 0. The highest BCUT2D eigenvalue weighted by atomic mass is 19.1. The van der Waals surface area contributed by atoms with Gasteiger partial charge in [0, 0.05) is 31.0 Å². The molecule has 1 saturated heterocycles. The summed E-state index contributed by atoms with van der Waals surface area (Å²) in [5.74, 6) is 0.302. The van der Waals surface area contributed by atoms with Crippen LogP contribution < -0.4 is 26.2 Å². The van der Waals surface area contributed by atoms with Crippen LogP contribution in [0.3, 0.4) is 0 Å². The Morgan fingerprint density at radius 3 is 3.17 bits per heavy atom. The van der Waals surface area contributed by atoms with Gasteiger partial charge in [-0.3, -0.25) is 4.79 Å². The zero-order valence-corrected chi connectivity index (χ0v) is 16.2. The van der Waals surface area contributed by atoms with Gasteiger partial charge in [0.05, 0.1) is 12.2 Å². The summed E-state index contributed by atoms with van der Waals surface area (Å²) in [7, 11) is 0. The predicted octanol–water partition coefficient (Wildman–Crippen LogP) is 1.34. The summed E-state index contributed by atoms with van der Waals surface area (Å²) < 4.78 is 20.5. The summed E-state index contributed by atoms with van der Waals surface area (Å²) in [6.45, 7) is 1.53. The SMILES string of the molecule is NCCCNC(=O)Oc1cnn2ccc(N3CCC[C@@H]3c3cc(F)c[nH]c3=O)nc12. The Labute approximate surface area is 170 Å². The van der Waals surface area contributed by atoms with Crippen LogP contribution in [0.5, 0.6) is 5.75 Å². The first-order valence-electron chi connectivity index (χ1n) is 9.71. The first-order valence-corrected chi connectivity index (χ1v) is 9.71. The normalized spacial score (nSPS) is 16.2. The van der Waals surface area contributed by atoms with E-state index in [1.165, 1.54) is 16.8 Å². The molecule has 4 N–H and O–H groups in total. The molecule has 3 aromatic heterocycles. The number of rotatable bonds is 6. The number of H-pyrrole nitrogens is 1. The third-order valence-corrected chi connectivity index (χ3v) is 4.98. The lowest BCUT2D eigenvalue weighted by Gasteiger charge is -2.25. The minimum Gasteiger partial charge on any atom is -0.405 e. The first-order chi connectivity index (χ1) is 14.6. The monoisotopic (exact) mass is 415 g/mol. The Hall–Kier alpha value is -3.47. The van der Waals surface area contributed by atoms with Gasteiger partial charge in [0.15, 0.2) is 5.75 Å². The van der Waals surface area contributed by atoms with Gasteiger partial charge in [0.1, 0.15) is 11.6 Å². The number of aromatic nitrogens is 4. The number of fused-ring (bicyclic) bond motifs is 1. The largest absolute Gasteiger partial charge is 0.412 e. The van der Waals surface area contributed by atoms with Crippen LogP contribution in [-0.2, 0) is 0 Å². The lowest BCUT2D eigenvalue weighted by Crippen LogP contribution is -2.29. The molecule has 4 rings (SSSR count). The smallest absolute Gasteiger partial charge is 0.405 e. The highest BCUT2D eigenvalue weighted by Crippen LogP contribution is 2.34. The molecule has 1 amide bonds. The van der Waals surface area contributed by atoms with Crippen molar-refractivity contribution in [2.45, 2.75) is 25.3 Å². The molecule has 4 heterocycles. The predicted molar refractivity (Wildman–Crippen MR) is 107 cm³/mol.